The molecular weight excluding hydrogens is 266 g/mol. The van der Waals surface area contributed by atoms with Crippen LogP contribution in [0.3, 0.4) is 0 Å². The summed E-state index contributed by atoms with van der Waals surface area (Å²) >= 11 is 0. The third-order valence-corrected chi connectivity index (χ3v) is 3.60. The SMILES string of the molecule is CCC(CCO)NC(=O)NC(c1ncccc1C)C(C)C. The third kappa shape index (κ3) is 5.34. The van der Waals surface area contributed by atoms with E-state index in [1.165, 1.54) is 0 Å². The first-order valence-corrected chi connectivity index (χ1v) is 7.59. The van der Waals surface area contributed by atoms with Crippen molar-refractivity contribution in [2.75, 3.05) is 6.61 Å². The molecule has 2 atom stereocenters. The van der Waals surface area contributed by atoms with Crippen molar-refractivity contribution in [3.8, 4) is 0 Å². The second kappa shape index (κ2) is 8.62. The number of carbonyl (C=O) groups excluding carboxylic acids is 1. The molecule has 0 spiro atoms. The van der Waals surface area contributed by atoms with Gasteiger partial charge >= 0.3 is 6.03 Å². The topological polar surface area (TPSA) is 74.2 Å². The number of aromatic nitrogens is 1. The van der Waals surface area contributed by atoms with E-state index in [1.54, 1.807) is 6.20 Å². The van der Waals surface area contributed by atoms with Crippen LogP contribution in [0.2, 0.25) is 0 Å². The molecule has 2 unspecified atom stereocenters. The largest absolute Gasteiger partial charge is 0.396 e. The Hall–Kier alpha value is -1.62. The molecule has 5 nitrogen and oxygen atoms in total. The molecular formula is C16H27N3O2. The number of amides is 2. The van der Waals surface area contributed by atoms with Gasteiger partial charge in [-0.1, -0.05) is 26.8 Å². The Kier molecular flexibility index (Phi) is 7.15. The summed E-state index contributed by atoms with van der Waals surface area (Å²) in [5.74, 6) is 0.238. The molecule has 0 radical (unpaired) electrons. The number of hydrogen-bond acceptors (Lipinski definition) is 3. The summed E-state index contributed by atoms with van der Waals surface area (Å²) in [6.45, 7) is 8.18. The maximum atomic E-state index is 12.2. The molecule has 1 rings (SSSR count). The van der Waals surface area contributed by atoms with E-state index >= 15 is 0 Å². The van der Waals surface area contributed by atoms with Crippen molar-refractivity contribution in [3.05, 3.63) is 29.6 Å². The number of nitrogens with zero attached hydrogens (tertiary/aromatic N) is 1. The van der Waals surface area contributed by atoms with Crippen molar-refractivity contribution in [2.45, 2.75) is 52.6 Å². The Bertz CT molecular complexity index is 449. The van der Waals surface area contributed by atoms with Crippen molar-refractivity contribution < 1.29 is 9.90 Å². The van der Waals surface area contributed by atoms with Gasteiger partial charge in [-0.2, -0.15) is 0 Å². The number of aryl methyl sites for hydroxylation is 1. The predicted molar refractivity (Wildman–Crippen MR) is 84.0 cm³/mol. The van der Waals surface area contributed by atoms with Gasteiger partial charge in [0.2, 0.25) is 0 Å². The Morgan fingerprint density at radius 3 is 2.62 bits per heavy atom. The average molecular weight is 293 g/mol. The van der Waals surface area contributed by atoms with E-state index in [9.17, 15) is 4.79 Å². The van der Waals surface area contributed by atoms with E-state index in [4.69, 9.17) is 5.11 Å². The predicted octanol–water partition coefficient (Wildman–Crippen LogP) is 2.55. The van der Waals surface area contributed by atoms with E-state index in [-0.39, 0.29) is 30.6 Å². The molecule has 2 amide bonds. The lowest BCUT2D eigenvalue weighted by molar-refractivity contribution is 0.221. The minimum Gasteiger partial charge on any atom is -0.396 e. The smallest absolute Gasteiger partial charge is 0.315 e. The maximum Gasteiger partial charge on any atom is 0.315 e. The number of hydrogen-bond donors (Lipinski definition) is 3. The number of nitrogens with one attached hydrogen (secondary N) is 2. The van der Waals surface area contributed by atoms with Crippen LogP contribution < -0.4 is 10.6 Å². The van der Waals surface area contributed by atoms with Gasteiger partial charge in [0.15, 0.2) is 0 Å². The van der Waals surface area contributed by atoms with Crippen LogP contribution in [0.1, 0.15) is 50.9 Å². The summed E-state index contributed by atoms with van der Waals surface area (Å²) in [5, 5.41) is 14.9. The molecule has 0 aliphatic heterocycles. The first-order valence-electron chi connectivity index (χ1n) is 7.59. The van der Waals surface area contributed by atoms with E-state index in [2.05, 4.69) is 29.5 Å². The zero-order chi connectivity index (χ0) is 15.8. The first-order chi connectivity index (χ1) is 9.99. The lowest BCUT2D eigenvalue weighted by Gasteiger charge is -2.25. The van der Waals surface area contributed by atoms with Gasteiger partial charge in [-0.3, -0.25) is 4.98 Å². The van der Waals surface area contributed by atoms with Gasteiger partial charge in [-0.25, -0.2) is 4.79 Å². The summed E-state index contributed by atoms with van der Waals surface area (Å²) in [7, 11) is 0. The fraction of sp³-hybridized carbons (Fsp3) is 0.625. The molecule has 0 fully saturated rings. The maximum absolute atomic E-state index is 12.2. The quantitative estimate of drug-likeness (QED) is 0.723. The van der Waals surface area contributed by atoms with Gasteiger partial charge in [-0.05, 0) is 37.3 Å². The Morgan fingerprint density at radius 1 is 1.38 bits per heavy atom. The number of aliphatic hydroxyl groups is 1. The normalized spacial score (nSPS) is 13.8. The number of urea groups is 1. The summed E-state index contributed by atoms with van der Waals surface area (Å²) in [5.41, 5.74) is 1.97. The zero-order valence-corrected chi connectivity index (χ0v) is 13.4. The van der Waals surface area contributed by atoms with Crippen molar-refractivity contribution in [2.24, 2.45) is 5.92 Å². The highest BCUT2D eigenvalue weighted by Gasteiger charge is 2.22. The molecule has 0 saturated carbocycles. The summed E-state index contributed by atoms with van der Waals surface area (Å²) < 4.78 is 0. The lowest BCUT2D eigenvalue weighted by atomic mass is 9.97. The number of pyridine rings is 1. The highest BCUT2D eigenvalue weighted by Crippen LogP contribution is 2.22. The van der Waals surface area contributed by atoms with Crippen LogP contribution in [-0.2, 0) is 0 Å². The molecule has 0 bridgehead atoms. The van der Waals surface area contributed by atoms with Crippen LogP contribution in [0, 0.1) is 12.8 Å². The number of rotatable bonds is 7. The van der Waals surface area contributed by atoms with Crippen molar-refractivity contribution in [1.82, 2.24) is 15.6 Å². The van der Waals surface area contributed by atoms with Gasteiger partial charge in [0, 0.05) is 18.8 Å². The first kappa shape index (κ1) is 17.4. The van der Waals surface area contributed by atoms with Crippen molar-refractivity contribution in [3.63, 3.8) is 0 Å². The minimum atomic E-state index is -0.209. The average Bonchev–Trinajstić information content (AvgIpc) is 2.45. The molecule has 5 heteroatoms. The fourth-order valence-electron chi connectivity index (χ4n) is 2.28. The monoisotopic (exact) mass is 293 g/mol. The Balaban J connectivity index is 2.75. The second-order valence-corrected chi connectivity index (χ2v) is 5.66. The molecule has 3 N–H and O–H groups in total. The molecule has 21 heavy (non-hydrogen) atoms. The lowest BCUT2D eigenvalue weighted by Crippen LogP contribution is -2.45. The Labute approximate surface area is 127 Å². The third-order valence-electron chi connectivity index (χ3n) is 3.60. The molecule has 0 aliphatic carbocycles. The van der Waals surface area contributed by atoms with Crippen LogP contribution in [-0.4, -0.2) is 28.8 Å². The summed E-state index contributed by atoms with van der Waals surface area (Å²) in [6.07, 6.45) is 3.11. The molecule has 1 aromatic rings. The van der Waals surface area contributed by atoms with E-state index in [1.807, 2.05) is 26.0 Å². The van der Waals surface area contributed by atoms with Gasteiger partial charge in [0.05, 0.1) is 11.7 Å². The molecule has 0 saturated heterocycles. The summed E-state index contributed by atoms with van der Waals surface area (Å²) in [4.78, 5) is 16.6. The van der Waals surface area contributed by atoms with Crippen LogP contribution in [0.5, 0.6) is 0 Å². The standard InChI is InChI=1S/C16H27N3O2/c1-5-13(8-10-20)18-16(21)19-14(11(2)3)15-12(4)7-6-9-17-15/h6-7,9,11,13-14,20H,5,8,10H2,1-4H3,(H2,18,19,21). The van der Waals surface area contributed by atoms with Gasteiger partial charge < -0.3 is 15.7 Å². The summed E-state index contributed by atoms with van der Waals surface area (Å²) in [6, 6.07) is 3.55. The van der Waals surface area contributed by atoms with Crippen molar-refractivity contribution in [1.29, 1.82) is 0 Å². The van der Waals surface area contributed by atoms with Gasteiger partial charge in [0.25, 0.3) is 0 Å². The van der Waals surface area contributed by atoms with Crippen LogP contribution in [0.4, 0.5) is 4.79 Å². The van der Waals surface area contributed by atoms with Gasteiger partial charge in [-0.15, -0.1) is 0 Å². The minimum absolute atomic E-state index is 0.00681. The molecule has 1 aromatic heterocycles. The number of carbonyl (C=O) groups is 1. The molecule has 0 aliphatic rings. The number of aliphatic hydroxyl groups excluding tert-OH is 1. The van der Waals surface area contributed by atoms with E-state index in [0.717, 1.165) is 17.7 Å². The van der Waals surface area contributed by atoms with Crippen LogP contribution in [0.25, 0.3) is 0 Å². The highest BCUT2D eigenvalue weighted by atomic mass is 16.3. The molecule has 0 aromatic carbocycles. The molecule has 118 valence electrons. The van der Waals surface area contributed by atoms with Gasteiger partial charge in [0.1, 0.15) is 0 Å². The fourth-order valence-corrected chi connectivity index (χ4v) is 2.28. The second-order valence-electron chi connectivity index (χ2n) is 5.66. The van der Waals surface area contributed by atoms with E-state index in [0.29, 0.717) is 6.42 Å². The Morgan fingerprint density at radius 2 is 2.10 bits per heavy atom. The van der Waals surface area contributed by atoms with Crippen molar-refractivity contribution >= 4 is 6.03 Å². The van der Waals surface area contributed by atoms with E-state index < -0.39 is 0 Å². The zero-order valence-electron chi connectivity index (χ0n) is 13.4. The van der Waals surface area contributed by atoms with Crippen LogP contribution in [0.15, 0.2) is 18.3 Å². The van der Waals surface area contributed by atoms with Crippen LogP contribution >= 0.6 is 0 Å². The molecule has 1 heterocycles. The highest BCUT2D eigenvalue weighted by molar-refractivity contribution is 5.74.